The molecule has 0 spiro atoms. The number of hydrogen-bond donors (Lipinski definition) is 2. The van der Waals surface area contributed by atoms with Crippen LogP contribution < -0.4 is 10.6 Å². The van der Waals surface area contributed by atoms with Crippen LogP contribution in [0.2, 0.25) is 0 Å². The molecule has 10 heteroatoms. The third kappa shape index (κ3) is 5.29. The number of alkyl carbamates (subject to hydrolysis) is 1. The molecule has 2 aliphatic heterocycles. The molecule has 30 heavy (non-hydrogen) atoms. The highest BCUT2D eigenvalue weighted by Crippen LogP contribution is 2.29. The number of benzene rings is 1. The maximum Gasteiger partial charge on any atom is 0.407 e. The predicted octanol–water partition coefficient (Wildman–Crippen LogP) is 1.49. The summed E-state index contributed by atoms with van der Waals surface area (Å²) in [6.45, 7) is 6.92. The lowest BCUT2D eigenvalue weighted by Crippen LogP contribution is -2.46. The molecule has 164 valence electrons. The standard InChI is InChI=1S/C20H28N4O5S/c1-20(2,3)29-19(26)22-11-10-21-18(25)14-7-6-12-24(13-14)17-15-8-4-5-9-16(15)30(27,28)23-17/h4-5,8-9,14H,6-7,10-13H2,1-3H3,(H,21,25)(H,22,26). The first kappa shape index (κ1) is 22.1. The Bertz CT molecular complexity index is 952. The molecule has 0 saturated carbocycles. The zero-order valence-corrected chi connectivity index (χ0v) is 18.3. The summed E-state index contributed by atoms with van der Waals surface area (Å²) in [7, 11) is -3.69. The Morgan fingerprint density at radius 2 is 1.90 bits per heavy atom. The fourth-order valence-electron chi connectivity index (χ4n) is 3.51. The molecule has 1 atom stereocenters. The Labute approximate surface area is 176 Å². The van der Waals surface area contributed by atoms with Crippen molar-refractivity contribution in [3.63, 3.8) is 0 Å². The Hall–Kier alpha value is -2.62. The van der Waals surface area contributed by atoms with Crippen LogP contribution in [0.1, 0.15) is 39.2 Å². The summed E-state index contributed by atoms with van der Waals surface area (Å²) in [5, 5.41) is 5.42. The van der Waals surface area contributed by atoms with Crippen LogP contribution in [0.25, 0.3) is 0 Å². The number of likely N-dealkylation sites (tertiary alicyclic amines) is 1. The number of sulfonamides is 1. The molecule has 1 saturated heterocycles. The molecule has 1 aromatic rings. The highest BCUT2D eigenvalue weighted by atomic mass is 32.2. The molecule has 0 bridgehead atoms. The van der Waals surface area contributed by atoms with Crippen molar-refractivity contribution in [2.75, 3.05) is 26.2 Å². The maximum absolute atomic E-state index is 12.6. The van der Waals surface area contributed by atoms with Gasteiger partial charge < -0.3 is 20.3 Å². The zero-order valence-electron chi connectivity index (χ0n) is 17.5. The largest absolute Gasteiger partial charge is 0.444 e. The molecule has 2 heterocycles. The molecule has 0 aromatic heterocycles. The van der Waals surface area contributed by atoms with Gasteiger partial charge in [0.1, 0.15) is 10.5 Å². The van der Waals surface area contributed by atoms with E-state index in [0.717, 1.165) is 6.42 Å². The number of ether oxygens (including phenoxy) is 1. The van der Waals surface area contributed by atoms with E-state index in [1.165, 1.54) is 0 Å². The molecule has 1 unspecified atom stereocenters. The van der Waals surface area contributed by atoms with Crippen LogP contribution in [0.4, 0.5) is 4.79 Å². The molecular weight excluding hydrogens is 408 g/mol. The van der Waals surface area contributed by atoms with Crippen LogP contribution in [-0.4, -0.2) is 62.9 Å². The molecular formula is C20H28N4O5S. The first-order chi connectivity index (χ1) is 14.1. The monoisotopic (exact) mass is 436 g/mol. The summed E-state index contributed by atoms with van der Waals surface area (Å²) in [6.07, 6.45) is 0.943. The molecule has 9 nitrogen and oxygen atoms in total. The van der Waals surface area contributed by atoms with E-state index < -0.39 is 21.7 Å². The van der Waals surface area contributed by atoms with Gasteiger partial charge in [-0.1, -0.05) is 12.1 Å². The van der Waals surface area contributed by atoms with Crippen molar-refractivity contribution in [1.29, 1.82) is 0 Å². The van der Waals surface area contributed by atoms with Crippen LogP contribution in [-0.2, 0) is 19.6 Å². The second kappa shape index (κ2) is 8.63. The van der Waals surface area contributed by atoms with E-state index in [1.807, 2.05) is 4.90 Å². The van der Waals surface area contributed by atoms with Crippen LogP contribution >= 0.6 is 0 Å². The van der Waals surface area contributed by atoms with E-state index in [4.69, 9.17) is 4.74 Å². The molecule has 1 fully saturated rings. The third-order valence-electron chi connectivity index (χ3n) is 4.80. The van der Waals surface area contributed by atoms with Gasteiger partial charge in [0.25, 0.3) is 10.0 Å². The van der Waals surface area contributed by atoms with Crippen LogP contribution in [0, 0.1) is 5.92 Å². The quantitative estimate of drug-likeness (QED) is 0.691. The summed E-state index contributed by atoms with van der Waals surface area (Å²) in [5.41, 5.74) is 0.00799. The number of fused-ring (bicyclic) bond motifs is 1. The summed E-state index contributed by atoms with van der Waals surface area (Å²) >= 11 is 0. The van der Waals surface area contributed by atoms with Crippen molar-refractivity contribution >= 4 is 27.9 Å². The zero-order chi connectivity index (χ0) is 21.9. The van der Waals surface area contributed by atoms with Gasteiger partial charge >= 0.3 is 6.09 Å². The van der Waals surface area contributed by atoms with E-state index >= 15 is 0 Å². The number of nitrogens with one attached hydrogen (secondary N) is 2. The van der Waals surface area contributed by atoms with E-state index in [1.54, 1.807) is 45.0 Å². The van der Waals surface area contributed by atoms with Crippen molar-refractivity contribution in [2.45, 2.75) is 44.1 Å². The molecule has 0 radical (unpaired) electrons. The topological polar surface area (TPSA) is 117 Å². The van der Waals surface area contributed by atoms with Crippen LogP contribution in [0.5, 0.6) is 0 Å². The number of carbonyl (C=O) groups excluding carboxylic acids is 2. The smallest absolute Gasteiger partial charge is 0.407 e. The number of carbonyl (C=O) groups is 2. The SMILES string of the molecule is CC(C)(C)OC(=O)NCCNC(=O)C1CCCN(C2=NS(=O)(=O)c3ccccc32)C1. The number of amides is 2. The molecule has 3 rings (SSSR count). The van der Waals surface area contributed by atoms with Crippen LogP contribution in [0.3, 0.4) is 0 Å². The second-order valence-corrected chi connectivity index (χ2v) is 9.96. The summed E-state index contributed by atoms with van der Waals surface area (Å²) in [5.74, 6) is 0.00793. The number of rotatable bonds is 4. The van der Waals surface area contributed by atoms with Gasteiger partial charge in [-0.05, 0) is 45.7 Å². The van der Waals surface area contributed by atoms with Crippen molar-refractivity contribution in [3.8, 4) is 0 Å². The van der Waals surface area contributed by atoms with E-state index in [0.29, 0.717) is 30.9 Å². The van der Waals surface area contributed by atoms with Crippen molar-refractivity contribution in [3.05, 3.63) is 29.8 Å². The molecule has 2 N–H and O–H groups in total. The fourth-order valence-corrected chi connectivity index (χ4v) is 4.74. The fraction of sp³-hybridized carbons (Fsp3) is 0.550. The highest BCUT2D eigenvalue weighted by Gasteiger charge is 2.35. The minimum absolute atomic E-state index is 0.125. The van der Waals surface area contributed by atoms with Crippen molar-refractivity contribution in [2.24, 2.45) is 10.3 Å². The van der Waals surface area contributed by atoms with E-state index in [-0.39, 0.29) is 29.8 Å². The van der Waals surface area contributed by atoms with Gasteiger partial charge in [0.05, 0.1) is 5.92 Å². The lowest BCUT2D eigenvalue weighted by Gasteiger charge is -2.33. The van der Waals surface area contributed by atoms with Gasteiger partial charge in [-0.2, -0.15) is 8.42 Å². The summed E-state index contributed by atoms with van der Waals surface area (Å²) < 4.78 is 33.7. The van der Waals surface area contributed by atoms with Gasteiger partial charge in [0.15, 0.2) is 5.84 Å². The van der Waals surface area contributed by atoms with Gasteiger partial charge in [-0.3, -0.25) is 4.79 Å². The first-order valence-electron chi connectivity index (χ1n) is 10.0. The van der Waals surface area contributed by atoms with Gasteiger partial charge in [-0.15, -0.1) is 4.40 Å². The molecule has 1 aromatic carbocycles. The lowest BCUT2D eigenvalue weighted by atomic mass is 9.96. The lowest BCUT2D eigenvalue weighted by molar-refractivity contribution is -0.126. The number of nitrogens with zero attached hydrogens (tertiary/aromatic N) is 2. The van der Waals surface area contributed by atoms with E-state index in [2.05, 4.69) is 15.0 Å². The molecule has 2 amide bonds. The minimum atomic E-state index is -3.69. The normalized spacial score (nSPS) is 20.2. The minimum Gasteiger partial charge on any atom is -0.444 e. The van der Waals surface area contributed by atoms with Crippen molar-refractivity contribution in [1.82, 2.24) is 15.5 Å². The Balaban J connectivity index is 1.53. The predicted molar refractivity (Wildman–Crippen MR) is 112 cm³/mol. The average molecular weight is 437 g/mol. The average Bonchev–Trinajstić information content (AvgIpc) is 2.95. The number of piperidine rings is 1. The number of hydrogen-bond acceptors (Lipinski definition) is 6. The maximum atomic E-state index is 12.6. The van der Waals surface area contributed by atoms with Gasteiger partial charge in [-0.25, -0.2) is 4.79 Å². The van der Waals surface area contributed by atoms with Crippen LogP contribution in [0.15, 0.2) is 33.6 Å². The summed E-state index contributed by atoms with van der Waals surface area (Å²) in [6, 6.07) is 6.74. The second-order valence-electron chi connectivity index (χ2n) is 8.39. The van der Waals surface area contributed by atoms with Crippen molar-refractivity contribution < 1.29 is 22.7 Å². The third-order valence-corrected chi connectivity index (χ3v) is 6.12. The summed E-state index contributed by atoms with van der Waals surface area (Å²) in [4.78, 5) is 26.3. The Kier molecular flexibility index (Phi) is 6.35. The first-order valence-corrected chi connectivity index (χ1v) is 11.4. The molecule has 2 aliphatic rings. The van der Waals surface area contributed by atoms with Gasteiger partial charge in [0, 0.05) is 31.7 Å². The Morgan fingerprint density at radius 1 is 1.20 bits per heavy atom. The highest BCUT2D eigenvalue weighted by molar-refractivity contribution is 7.90. The van der Waals surface area contributed by atoms with Gasteiger partial charge in [0.2, 0.25) is 5.91 Å². The van der Waals surface area contributed by atoms with E-state index in [9.17, 15) is 18.0 Å². The number of amidine groups is 1. The molecule has 0 aliphatic carbocycles. The Morgan fingerprint density at radius 3 is 2.63 bits per heavy atom.